The molecular weight excluding hydrogens is 232 g/mol. The number of rotatable bonds is 7. The fourth-order valence-corrected chi connectivity index (χ4v) is 1.87. The summed E-state index contributed by atoms with van der Waals surface area (Å²) in [6.45, 7) is 11.6. The molecule has 0 spiro atoms. The first-order valence-corrected chi connectivity index (χ1v) is 6.83. The van der Waals surface area contributed by atoms with Gasteiger partial charge in [-0.1, -0.05) is 39.4 Å². The van der Waals surface area contributed by atoms with Crippen LogP contribution >= 0.6 is 12.2 Å². The summed E-state index contributed by atoms with van der Waals surface area (Å²) in [5, 5.41) is 0. The van der Waals surface area contributed by atoms with Crippen molar-refractivity contribution >= 4 is 23.1 Å². The van der Waals surface area contributed by atoms with Crippen LogP contribution in [0, 0.1) is 11.3 Å². The van der Waals surface area contributed by atoms with Gasteiger partial charge in [-0.05, 0) is 26.2 Å². The van der Waals surface area contributed by atoms with Crippen molar-refractivity contribution in [3.8, 4) is 0 Å². The lowest BCUT2D eigenvalue weighted by molar-refractivity contribution is -0.138. The minimum Gasteiger partial charge on any atom is -0.392 e. The van der Waals surface area contributed by atoms with Crippen molar-refractivity contribution < 1.29 is 4.79 Å². The maximum absolute atomic E-state index is 12.5. The van der Waals surface area contributed by atoms with Crippen LogP contribution in [0.4, 0.5) is 0 Å². The van der Waals surface area contributed by atoms with Gasteiger partial charge in [-0.3, -0.25) is 4.79 Å². The highest BCUT2D eigenvalue weighted by Gasteiger charge is 2.37. The van der Waals surface area contributed by atoms with Gasteiger partial charge in [0, 0.05) is 13.1 Å². The lowest BCUT2D eigenvalue weighted by Gasteiger charge is -2.34. The minimum absolute atomic E-state index is 0.0651. The molecule has 0 bridgehead atoms. The average Bonchev–Trinajstić information content (AvgIpc) is 2.33. The molecule has 2 unspecified atom stereocenters. The number of hydrogen-bond donors (Lipinski definition) is 1. The Hall–Kier alpha value is -0.640. The highest BCUT2D eigenvalue weighted by molar-refractivity contribution is 7.80. The van der Waals surface area contributed by atoms with Crippen molar-refractivity contribution in [1.82, 2.24) is 4.90 Å². The second-order valence-corrected chi connectivity index (χ2v) is 5.35. The summed E-state index contributed by atoms with van der Waals surface area (Å²) in [6.07, 6.45) is 1.72. The molecule has 4 heteroatoms. The third-order valence-corrected chi connectivity index (χ3v) is 4.07. The van der Waals surface area contributed by atoms with Crippen LogP contribution in [-0.2, 0) is 4.79 Å². The average molecular weight is 258 g/mol. The van der Waals surface area contributed by atoms with E-state index in [0.717, 1.165) is 13.0 Å². The highest BCUT2D eigenvalue weighted by atomic mass is 32.1. The van der Waals surface area contributed by atoms with Crippen molar-refractivity contribution in [2.24, 2.45) is 17.1 Å². The van der Waals surface area contributed by atoms with Gasteiger partial charge in [0.2, 0.25) is 5.91 Å². The Bertz CT molecular complexity index is 281. The van der Waals surface area contributed by atoms with Gasteiger partial charge in [0.25, 0.3) is 0 Å². The predicted octanol–water partition coefficient (Wildman–Crippen LogP) is 2.58. The molecule has 0 fully saturated rings. The fraction of sp³-hybridized carbons (Fsp3) is 0.846. The molecule has 100 valence electrons. The topological polar surface area (TPSA) is 46.3 Å². The van der Waals surface area contributed by atoms with Crippen LogP contribution in [-0.4, -0.2) is 28.9 Å². The molecule has 0 aliphatic rings. The summed E-state index contributed by atoms with van der Waals surface area (Å²) in [5.41, 5.74) is 5.03. The van der Waals surface area contributed by atoms with Crippen LogP contribution in [0.3, 0.4) is 0 Å². The molecule has 0 saturated heterocycles. The molecule has 0 radical (unpaired) electrons. The first-order chi connectivity index (χ1) is 7.83. The van der Waals surface area contributed by atoms with Gasteiger partial charge < -0.3 is 10.6 Å². The molecule has 0 aliphatic carbocycles. The SMILES string of the molecule is CCC(C)CN(CC)C(=O)C(C)(CC)C(N)=S. The lowest BCUT2D eigenvalue weighted by Crippen LogP contribution is -2.49. The van der Waals surface area contributed by atoms with Crippen LogP contribution in [0.1, 0.15) is 47.5 Å². The van der Waals surface area contributed by atoms with Crippen LogP contribution in [0.5, 0.6) is 0 Å². The molecule has 0 aromatic heterocycles. The zero-order valence-corrected chi connectivity index (χ0v) is 12.6. The molecule has 3 nitrogen and oxygen atoms in total. The van der Waals surface area contributed by atoms with E-state index in [1.165, 1.54) is 0 Å². The first kappa shape index (κ1) is 16.4. The maximum Gasteiger partial charge on any atom is 0.235 e. The summed E-state index contributed by atoms with van der Waals surface area (Å²) in [7, 11) is 0. The van der Waals surface area contributed by atoms with Gasteiger partial charge in [0.1, 0.15) is 0 Å². The molecule has 0 aromatic rings. The van der Waals surface area contributed by atoms with Crippen molar-refractivity contribution in [2.45, 2.75) is 47.5 Å². The van der Waals surface area contributed by atoms with Gasteiger partial charge in [0.05, 0.1) is 10.4 Å². The molecule has 0 aromatic carbocycles. The van der Waals surface area contributed by atoms with Gasteiger partial charge in [-0.25, -0.2) is 0 Å². The zero-order valence-electron chi connectivity index (χ0n) is 11.7. The lowest BCUT2D eigenvalue weighted by atomic mass is 9.85. The van der Waals surface area contributed by atoms with Crippen molar-refractivity contribution in [3.63, 3.8) is 0 Å². The number of amides is 1. The quantitative estimate of drug-likeness (QED) is 0.714. The molecule has 1 amide bonds. The maximum atomic E-state index is 12.5. The predicted molar refractivity (Wildman–Crippen MR) is 76.9 cm³/mol. The Kier molecular flexibility index (Phi) is 6.68. The molecule has 0 heterocycles. The molecule has 2 N–H and O–H groups in total. The molecule has 17 heavy (non-hydrogen) atoms. The third kappa shape index (κ3) is 3.95. The largest absolute Gasteiger partial charge is 0.392 e. The van der Waals surface area contributed by atoms with E-state index in [9.17, 15) is 4.79 Å². The number of carbonyl (C=O) groups is 1. The van der Waals surface area contributed by atoms with E-state index in [1.807, 2.05) is 25.7 Å². The van der Waals surface area contributed by atoms with Crippen LogP contribution in [0.25, 0.3) is 0 Å². The monoisotopic (exact) mass is 258 g/mol. The Morgan fingerprint density at radius 3 is 2.24 bits per heavy atom. The summed E-state index contributed by atoms with van der Waals surface area (Å²) in [5.74, 6) is 0.571. The minimum atomic E-state index is -0.696. The van der Waals surface area contributed by atoms with Crippen molar-refractivity contribution in [1.29, 1.82) is 0 Å². The van der Waals surface area contributed by atoms with E-state index in [-0.39, 0.29) is 5.91 Å². The van der Waals surface area contributed by atoms with E-state index in [1.54, 1.807) is 0 Å². The standard InChI is InChI=1S/C13H26N2OS/c1-6-10(4)9-15(8-3)12(16)13(5,7-2)11(14)17/h10H,6-9H2,1-5H3,(H2,14,17). The van der Waals surface area contributed by atoms with Crippen LogP contribution in [0.15, 0.2) is 0 Å². The third-order valence-electron chi connectivity index (χ3n) is 3.62. The van der Waals surface area contributed by atoms with E-state index in [0.29, 0.717) is 23.9 Å². The van der Waals surface area contributed by atoms with E-state index >= 15 is 0 Å². The van der Waals surface area contributed by atoms with Gasteiger partial charge in [-0.2, -0.15) is 0 Å². The first-order valence-electron chi connectivity index (χ1n) is 6.42. The Morgan fingerprint density at radius 1 is 1.41 bits per heavy atom. The van der Waals surface area contributed by atoms with Crippen molar-refractivity contribution in [3.05, 3.63) is 0 Å². The van der Waals surface area contributed by atoms with Gasteiger partial charge in [-0.15, -0.1) is 0 Å². The molecule has 0 saturated carbocycles. The number of hydrogen-bond acceptors (Lipinski definition) is 2. The van der Waals surface area contributed by atoms with Gasteiger partial charge in [0.15, 0.2) is 0 Å². The normalized spacial score (nSPS) is 16.1. The van der Waals surface area contributed by atoms with Crippen LogP contribution < -0.4 is 5.73 Å². The summed E-state index contributed by atoms with van der Waals surface area (Å²) < 4.78 is 0. The Labute approximate surface area is 111 Å². The summed E-state index contributed by atoms with van der Waals surface area (Å²) in [4.78, 5) is 14.6. The van der Waals surface area contributed by atoms with E-state index < -0.39 is 5.41 Å². The second-order valence-electron chi connectivity index (χ2n) is 4.91. The van der Waals surface area contributed by atoms with E-state index in [4.69, 9.17) is 18.0 Å². The number of thiocarbonyl (C=S) groups is 1. The summed E-state index contributed by atoms with van der Waals surface area (Å²) in [6, 6.07) is 0. The zero-order chi connectivity index (χ0) is 13.6. The highest BCUT2D eigenvalue weighted by Crippen LogP contribution is 2.25. The number of nitrogens with zero attached hydrogens (tertiary/aromatic N) is 1. The van der Waals surface area contributed by atoms with Crippen molar-refractivity contribution in [2.75, 3.05) is 13.1 Å². The summed E-state index contributed by atoms with van der Waals surface area (Å²) >= 11 is 5.05. The second kappa shape index (κ2) is 6.94. The smallest absolute Gasteiger partial charge is 0.235 e. The number of carbonyl (C=O) groups excluding carboxylic acids is 1. The molecule has 0 rings (SSSR count). The fourth-order valence-electron chi connectivity index (χ4n) is 1.64. The molecule has 0 aliphatic heterocycles. The number of nitrogens with two attached hydrogens (primary N) is 1. The molecular formula is C13H26N2OS. The van der Waals surface area contributed by atoms with Crippen LogP contribution in [0.2, 0.25) is 0 Å². The Morgan fingerprint density at radius 2 is 1.94 bits per heavy atom. The Balaban J connectivity index is 4.90. The van der Waals surface area contributed by atoms with E-state index in [2.05, 4.69) is 13.8 Å². The molecule has 2 atom stereocenters. The van der Waals surface area contributed by atoms with Gasteiger partial charge >= 0.3 is 0 Å².